The van der Waals surface area contributed by atoms with Gasteiger partial charge in [0, 0.05) is 6.16 Å². The minimum Gasteiger partial charge on any atom is -0.369 e. The van der Waals surface area contributed by atoms with Gasteiger partial charge in [-0.05, 0) is 24.2 Å². The predicted octanol–water partition coefficient (Wildman–Crippen LogP) is 2.27. The molecule has 0 fully saturated rings. The molecular formula is C10H22NOP. The lowest BCUT2D eigenvalue weighted by molar-refractivity contribution is -0.115. The summed E-state index contributed by atoms with van der Waals surface area (Å²) in [6, 6.07) is 0. The second-order valence-corrected chi connectivity index (χ2v) is 6.84. The van der Waals surface area contributed by atoms with E-state index in [0.717, 1.165) is 0 Å². The van der Waals surface area contributed by atoms with Crippen molar-refractivity contribution in [1.82, 2.24) is 0 Å². The van der Waals surface area contributed by atoms with Crippen LogP contribution in [0.5, 0.6) is 0 Å². The Hall–Kier alpha value is -0.100. The molecule has 2 nitrogen and oxygen atoms in total. The summed E-state index contributed by atoms with van der Waals surface area (Å²) in [5.74, 6) is 1.24. The Balaban J connectivity index is 3.95. The lowest BCUT2D eigenvalue weighted by Gasteiger charge is -2.20. The third-order valence-corrected chi connectivity index (χ3v) is 4.88. The Morgan fingerprint density at radius 2 is 1.54 bits per heavy atom. The van der Waals surface area contributed by atoms with Gasteiger partial charge in [-0.25, -0.2) is 0 Å². The van der Waals surface area contributed by atoms with Gasteiger partial charge in [0.25, 0.3) is 0 Å². The molecule has 0 aromatic carbocycles. The molecule has 0 rings (SSSR count). The van der Waals surface area contributed by atoms with Crippen LogP contribution in [-0.2, 0) is 4.79 Å². The van der Waals surface area contributed by atoms with Crippen LogP contribution in [0.25, 0.3) is 0 Å². The van der Waals surface area contributed by atoms with Crippen molar-refractivity contribution in [3.63, 3.8) is 0 Å². The topological polar surface area (TPSA) is 43.1 Å². The molecule has 0 heterocycles. The second-order valence-electron chi connectivity index (χ2n) is 4.45. The van der Waals surface area contributed by atoms with Crippen molar-refractivity contribution in [2.45, 2.75) is 27.7 Å². The first-order valence-electron chi connectivity index (χ1n) is 4.92. The molecule has 0 atom stereocenters. The van der Waals surface area contributed by atoms with Gasteiger partial charge in [0.1, 0.15) is 0 Å². The van der Waals surface area contributed by atoms with Crippen LogP contribution in [0.4, 0.5) is 0 Å². The highest BCUT2D eigenvalue weighted by Crippen LogP contribution is 2.38. The van der Waals surface area contributed by atoms with Crippen molar-refractivity contribution < 1.29 is 4.79 Å². The van der Waals surface area contributed by atoms with Crippen molar-refractivity contribution in [2.75, 3.05) is 18.5 Å². The molecule has 0 bridgehead atoms. The van der Waals surface area contributed by atoms with E-state index >= 15 is 0 Å². The van der Waals surface area contributed by atoms with Crippen molar-refractivity contribution in [2.24, 2.45) is 17.6 Å². The summed E-state index contributed by atoms with van der Waals surface area (Å²) in [5.41, 5.74) is 5.22. The Kier molecular flexibility index (Phi) is 6.32. The molecule has 0 aliphatic rings. The number of carbonyl (C=O) groups excluding carboxylic acids is 1. The first-order chi connectivity index (χ1) is 5.91. The number of hydrogen-bond acceptors (Lipinski definition) is 1. The summed E-state index contributed by atoms with van der Waals surface area (Å²) in [5, 5.41) is 0. The number of nitrogens with two attached hydrogens (primary N) is 1. The van der Waals surface area contributed by atoms with E-state index in [9.17, 15) is 4.79 Å². The van der Waals surface area contributed by atoms with E-state index in [1.807, 2.05) is 0 Å². The fourth-order valence-corrected chi connectivity index (χ4v) is 4.37. The average molecular weight is 203 g/mol. The van der Waals surface area contributed by atoms with Crippen LogP contribution in [-0.4, -0.2) is 24.4 Å². The van der Waals surface area contributed by atoms with Gasteiger partial charge in [0.05, 0.1) is 0 Å². The van der Waals surface area contributed by atoms with E-state index in [0.29, 0.717) is 18.0 Å². The van der Waals surface area contributed by atoms with E-state index in [4.69, 9.17) is 5.73 Å². The molecule has 0 saturated heterocycles. The molecule has 78 valence electrons. The molecule has 2 N–H and O–H groups in total. The first-order valence-corrected chi connectivity index (χ1v) is 6.82. The van der Waals surface area contributed by atoms with E-state index in [2.05, 4.69) is 27.7 Å². The van der Waals surface area contributed by atoms with Gasteiger partial charge < -0.3 is 5.73 Å². The van der Waals surface area contributed by atoms with E-state index in [1.54, 1.807) is 0 Å². The van der Waals surface area contributed by atoms with E-state index < -0.39 is 0 Å². The molecular weight excluding hydrogens is 181 g/mol. The average Bonchev–Trinajstić information content (AvgIpc) is 1.80. The Bertz CT molecular complexity index is 147. The summed E-state index contributed by atoms with van der Waals surface area (Å²) >= 11 is 0. The molecule has 3 heteroatoms. The van der Waals surface area contributed by atoms with Gasteiger partial charge >= 0.3 is 0 Å². The minimum absolute atomic E-state index is 0.132. The SMILES string of the molecule is CC(C)CP(CC(N)=O)CC(C)C. The largest absolute Gasteiger partial charge is 0.369 e. The number of carbonyl (C=O) groups is 1. The molecule has 0 radical (unpaired) electrons. The lowest BCUT2D eigenvalue weighted by atomic mass is 10.3. The summed E-state index contributed by atoms with van der Waals surface area (Å²) in [4.78, 5) is 10.8. The van der Waals surface area contributed by atoms with Crippen LogP contribution in [0.15, 0.2) is 0 Å². The van der Waals surface area contributed by atoms with Crippen LogP contribution in [0.1, 0.15) is 27.7 Å². The molecule has 0 aliphatic carbocycles. The number of hydrogen-bond donors (Lipinski definition) is 1. The third kappa shape index (κ3) is 8.24. The van der Waals surface area contributed by atoms with Gasteiger partial charge in [0.2, 0.25) is 5.91 Å². The molecule has 1 amide bonds. The lowest BCUT2D eigenvalue weighted by Crippen LogP contribution is -2.18. The van der Waals surface area contributed by atoms with Crippen molar-refractivity contribution in [3.05, 3.63) is 0 Å². The van der Waals surface area contributed by atoms with Crippen LogP contribution in [0.2, 0.25) is 0 Å². The number of rotatable bonds is 6. The zero-order chi connectivity index (χ0) is 10.4. The highest BCUT2D eigenvalue weighted by atomic mass is 31.1. The van der Waals surface area contributed by atoms with Crippen LogP contribution in [0.3, 0.4) is 0 Å². The van der Waals surface area contributed by atoms with Gasteiger partial charge in [-0.15, -0.1) is 0 Å². The van der Waals surface area contributed by atoms with Gasteiger partial charge in [-0.2, -0.15) is 0 Å². The number of primary amides is 1. The van der Waals surface area contributed by atoms with Crippen molar-refractivity contribution in [3.8, 4) is 0 Å². The quantitative estimate of drug-likeness (QED) is 0.661. The van der Waals surface area contributed by atoms with Gasteiger partial charge in [-0.3, -0.25) is 4.79 Å². The second kappa shape index (κ2) is 6.37. The third-order valence-electron chi connectivity index (χ3n) is 1.63. The van der Waals surface area contributed by atoms with Gasteiger partial charge in [0.15, 0.2) is 0 Å². The first kappa shape index (κ1) is 12.9. The maximum absolute atomic E-state index is 10.8. The van der Waals surface area contributed by atoms with Crippen LogP contribution < -0.4 is 5.73 Å². The summed E-state index contributed by atoms with van der Waals surface area (Å²) in [6.07, 6.45) is 2.97. The Morgan fingerprint density at radius 1 is 1.15 bits per heavy atom. The standard InChI is InChI=1S/C10H22NOP/c1-8(2)5-13(6-9(3)4)7-10(11)12/h8-9H,5-7H2,1-4H3,(H2,11,12). The highest BCUT2D eigenvalue weighted by molar-refractivity contribution is 7.58. The summed E-state index contributed by atoms with van der Waals surface area (Å²) in [6.45, 7) is 8.82. The fourth-order valence-electron chi connectivity index (χ4n) is 1.46. The smallest absolute Gasteiger partial charge is 0.221 e. The van der Waals surface area contributed by atoms with E-state index in [1.165, 1.54) is 12.3 Å². The van der Waals surface area contributed by atoms with Gasteiger partial charge in [-0.1, -0.05) is 35.6 Å². The molecule has 13 heavy (non-hydrogen) atoms. The molecule has 0 unspecified atom stereocenters. The van der Waals surface area contributed by atoms with E-state index in [-0.39, 0.29) is 13.8 Å². The fraction of sp³-hybridized carbons (Fsp3) is 0.900. The monoisotopic (exact) mass is 203 g/mol. The molecule has 0 saturated carbocycles. The van der Waals surface area contributed by atoms with Crippen molar-refractivity contribution in [1.29, 1.82) is 0 Å². The zero-order valence-electron chi connectivity index (χ0n) is 9.21. The normalized spacial score (nSPS) is 11.6. The Labute approximate surface area is 83.0 Å². The zero-order valence-corrected chi connectivity index (χ0v) is 10.1. The number of amides is 1. The van der Waals surface area contributed by atoms with Crippen molar-refractivity contribution >= 4 is 13.8 Å². The highest BCUT2D eigenvalue weighted by Gasteiger charge is 2.14. The Morgan fingerprint density at radius 3 is 1.77 bits per heavy atom. The predicted molar refractivity (Wildman–Crippen MR) is 60.4 cm³/mol. The summed E-state index contributed by atoms with van der Waals surface area (Å²) in [7, 11) is -0.154. The minimum atomic E-state index is -0.154. The van der Waals surface area contributed by atoms with Crippen LogP contribution >= 0.6 is 7.92 Å². The maximum atomic E-state index is 10.8. The molecule has 0 aliphatic heterocycles. The maximum Gasteiger partial charge on any atom is 0.221 e. The molecule has 0 aromatic rings. The summed E-state index contributed by atoms with van der Waals surface area (Å²) < 4.78 is 0. The van der Waals surface area contributed by atoms with Crippen LogP contribution in [0, 0.1) is 11.8 Å². The molecule has 0 aromatic heterocycles. The molecule has 0 spiro atoms.